The van der Waals surface area contributed by atoms with Gasteiger partial charge in [0, 0.05) is 99.1 Å². The number of carboxylic acids is 8. The number of ketones is 8. The molecule has 0 aromatic rings. The number of hydrogen-bond donors (Lipinski definition) is 0. The Kier molecular flexibility index (Phi) is 68.9. The van der Waals surface area contributed by atoms with Crippen LogP contribution in [0.15, 0.2) is 0 Å². The van der Waals surface area contributed by atoms with E-state index in [1.54, 1.807) is 0 Å². The number of rotatable bonds is 16. The van der Waals surface area contributed by atoms with E-state index >= 15 is 0 Å². The van der Waals surface area contributed by atoms with Crippen LogP contribution in [-0.4, -0.2) is 142 Å². The van der Waals surface area contributed by atoms with E-state index in [2.05, 4.69) is 0 Å². The fourth-order valence-electron chi connectivity index (χ4n) is 1.63. The molecule has 58 heavy (non-hydrogen) atoms. The molecule has 0 radical (unpaired) electrons. The Labute approximate surface area is 364 Å². The number of Topliss-reactive ketones (excluding diaryl/α,β-unsaturated/α-hetero) is 8. The molecular formula is C32H40O24Sn2. The molecule has 0 aliphatic heterocycles. The van der Waals surface area contributed by atoms with Gasteiger partial charge in [-0.25, -0.2) is 0 Å². The summed E-state index contributed by atoms with van der Waals surface area (Å²) in [5.74, 6) is -13.5. The van der Waals surface area contributed by atoms with E-state index in [1.807, 2.05) is 0 Å². The molecule has 0 fully saturated rings. The van der Waals surface area contributed by atoms with Crippen molar-refractivity contribution in [3.8, 4) is 0 Å². The summed E-state index contributed by atoms with van der Waals surface area (Å²) < 4.78 is 0. The van der Waals surface area contributed by atoms with Gasteiger partial charge in [-0.3, -0.25) is 38.4 Å². The van der Waals surface area contributed by atoms with Gasteiger partial charge in [-0.15, -0.1) is 0 Å². The Morgan fingerprint density at radius 3 is 0.259 bits per heavy atom. The van der Waals surface area contributed by atoms with Gasteiger partial charge in [0.05, 0.1) is 0 Å². The van der Waals surface area contributed by atoms with Crippen LogP contribution >= 0.6 is 0 Å². The van der Waals surface area contributed by atoms with Crippen molar-refractivity contribution in [2.45, 2.75) is 107 Å². The average molecular weight is 1050 g/mol. The van der Waals surface area contributed by atoms with Crippen LogP contribution in [0.4, 0.5) is 0 Å². The zero-order valence-electron chi connectivity index (χ0n) is 32.5. The van der Waals surface area contributed by atoms with Gasteiger partial charge < -0.3 is 79.2 Å². The van der Waals surface area contributed by atoms with Gasteiger partial charge in [0.25, 0.3) is 0 Å². The maximum absolute atomic E-state index is 9.83. The Morgan fingerprint density at radius 1 is 0.207 bits per heavy atom. The third-order valence-electron chi connectivity index (χ3n) is 3.15. The Balaban J connectivity index is -0.0000000565. The fourth-order valence-corrected chi connectivity index (χ4v) is 1.63. The number of carboxylic acid groups (broad SMARTS) is 8. The Hall–Kier alpha value is -5.28. The zero-order valence-corrected chi connectivity index (χ0v) is 38.2. The van der Waals surface area contributed by atoms with Crippen LogP contribution in [0.25, 0.3) is 0 Å². The van der Waals surface area contributed by atoms with Crippen LogP contribution in [-0.2, 0) is 76.7 Å². The first-order chi connectivity index (χ1) is 25.0. The smallest absolute Gasteiger partial charge is 0.550 e. The predicted octanol–water partition coefficient (Wildman–Crippen LogP) is -11.0. The molecule has 0 heterocycles. The summed E-state index contributed by atoms with van der Waals surface area (Å²) in [4.78, 5) is 154. The predicted molar refractivity (Wildman–Crippen MR) is 174 cm³/mol. The number of hydrogen-bond acceptors (Lipinski definition) is 24. The molecule has 0 aromatic carbocycles. The van der Waals surface area contributed by atoms with Crippen molar-refractivity contribution in [2.75, 3.05) is 0 Å². The number of carbonyl (C=O) groups is 16. The Bertz CT molecular complexity index is 989. The molecule has 0 spiro atoms. The first-order valence-corrected chi connectivity index (χ1v) is 14.6. The third-order valence-corrected chi connectivity index (χ3v) is 3.15. The first kappa shape index (κ1) is 77.3. The monoisotopic (exact) mass is 1050 g/mol. The van der Waals surface area contributed by atoms with Crippen molar-refractivity contribution >= 4 is 142 Å². The van der Waals surface area contributed by atoms with Crippen molar-refractivity contribution in [1.29, 1.82) is 0 Å². The fraction of sp³-hybridized carbons (Fsp3) is 0.500. The zero-order chi connectivity index (χ0) is 46.9. The van der Waals surface area contributed by atoms with Crippen molar-refractivity contribution in [1.82, 2.24) is 0 Å². The maximum atomic E-state index is 9.83. The van der Waals surface area contributed by atoms with Gasteiger partial charge in [-0.2, -0.15) is 0 Å². The summed E-state index contributed by atoms with van der Waals surface area (Å²) >= 11 is 0. The van der Waals surface area contributed by atoms with Crippen LogP contribution in [0.1, 0.15) is 107 Å². The molecule has 24 nitrogen and oxygen atoms in total. The van der Waals surface area contributed by atoms with Crippen molar-refractivity contribution in [2.24, 2.45) is 0 Å². The van der Waals surface area contributed by atoms with E-state index in [0.29, 0.717) is 0 Å². The third kappa shape index (κ3) is 176. The van der Waals surface area contributed by atoms with E-state index in [1.165, 1.54) is 55.4 Å². The number of carbonyl (C=O) groups excluding carboxylic acids is 16. The van der Waals surface area contributed by atoms with Crippen molar-refractivity contribution < 1.29 is 118 Å². The van der Waals surface area contributed by atoms with Gasteiger partial charge in [0.2, 0.25) is 0 Å². The summed E-state index contributed by atoms with van der Waals surface area (Å²) in [5.41, 5.74) is 0. The first-order valence-electron chi connectivity index (χ1n) is 14.6. The van der Waals surface area contributed by atoms with Gasteiger partial charge in [-0.05, 0) is 55.4 Å². The van der Waals surface area contributed by atoms with Crippen LogP contribution in [0.5, 0.6) is 0 Å². The van der Waals surface area contributed by atoms with Crippen LogP contribution in [0, 0.1) is 0 Å². The molecule has 0 bridgehead atoms. The second-order valence-corrected chi connectivity index (χ2v) is 10.0. The minimum absolute atomic E-state index is 0. The summed E-state index contributed by atoms with van der Waals surface area (Å²) in [6.45, 7) is 9.63. The summed E-state index contributed by atoms with van der Waals surface area (Å²) in [6, 6.07) is 0. The topological polar surface area (TPSA) is 458 Å². The van der Waals surface area contributed by atoms with Crippen molar-refractivity contribution in [3.63, 3.8) is 0 Å². The standard InChI is InChI=1S/8C4H6O3.2Sn/c8*1-3(5)2-4(6)7;;/h8*2H2,1H3,(H,6,7);;/q;;;;;;;;2*+4/p-8. The van der Waals surface area contributed by atoms with Gasteiger partial charge in [-0.1, -0.05) is 0 Å². The summed E-state index contributed by atoms with van der Waals surface area (Å²) in [5, 5.41) is 75.8. The van der Waals surface area contributed by atoms with Crippen LogP contribution in [0.2, 0.25) is 0 Å². The van der Waals surface area contributed by atoms with Crippen LogP contribution < -0.4 is 40.9 Å². The number of aliphatic carboxylic acids is 8. The van der Waals surface area contributed by atoms with Crippen molar-refractivity contribution in [3.05, 3.63) is 0 Å². The molecule has 0 aliphatic rings. The summed E-state index contributed by atoms with van der Waals surface area (Å²) in [7, 11) is 0. The summed E-state index contributed by atoms with van der Waals surface area (Å²) in [6.07, 6.45) is -3.78. The molecule has 0 atom stereocenters. The van der Waals surface area contributed by atoms with E-state index in [-0.39, 0.29) is 94.1 Å². The molecule has 0 saturated heterocycles. The van der Waals surface area contributed by atoms with Gasteiger partial charge >= 0.3 is 47.8 Å². The second kappa shape index (κ2) is 51.7. The molecule has 320 valence electrons. The van der Waals surface area contributed by atoms with Gasteiger partial charge in [0.1, 0.15) is 46.3 Å². The minimum Gasteiger partial charge on any atom is -0.550 e. The Morgan fingerprint density at radius 2 is 0.259 bits per heavy atom. The normalized spacial score (nSPS) is 7.86. The average Bonchev–Trinajstić information content (AvgIpc) is 2.84. The molecular weight excluding hydrogens is 1010 g/mol. The second-order valence-electron chi connectivity index (χ2n) is 10.0. The van der Waals surface area contributed by atoms with E-state index in [4.69, 9.17) is 0 Å². The quantitative estimate of drug-likeness (QED) is 0.102. The van der Waals surface area contributed by atoms with E-state index in [0.717, 1.165) is 0 Å². The van der Waals surface area contributed by atoms with E-state index in [9.17, 15) is 118 Å². The molecule has 26 heteroatoms. The van der Waals surface area contributed by atoms with Gasteiger partial charge in [0.15, 0.2) is 0 Å². The molecule has 0 saturated carbocycles. The molecule has 0 aliphatic carbocycles. The van der Waals surface area contributed by atoms with E-state index < -0.39 is 99.1 Å². The molecule has 0 rings (SSSR count). The largest absolute Gasteiger partial charge is 4.00 e. The maximum Gasteiger partial charge on any atom is 4.00 e. The SMILES string of the molecule is CC(=O)CC(=O)[O-].CC(=O)CC(=O)[O-].CC(=O)CC(=O)[O-].CC(=O)CC(=O)[O-].CC(=O)CC(=O)[O-].CC(=O)CC(=O)[O-].CC(=O)CC(=O)[O-].CC(=O)CC(=O)[O-].[Sn+4].[Sn+4]. The molecule has 0 amide bonds. The molecule has 0 N–H and O–H groups in total. The minimum atomic E-state index is -1.31. The van der Waals surface area contributed by atoms with Crippen LogP contribution in [0.3, 0.4) is 0 Å². The molecule has 0 aromatic heterocycles. The molecule has 0 unspecified atom stereocenters.